The van der Waals surface area contributed by atoms with Crippen LogP contribution in [0.15, 0.2) is 0 Å². The van der Waals surface area contributed by atoms with Crippen molar-refractivity contribution >= 4 is 11.8 Å². The molecule has 0 aromatic carbocycles. The van der Waals surface area contributed by atoms with E-state index in [1.54, 1.807) is 6.92 Å². The molecule has 0 aromatic rings. The van der Waals surface area contributed by atoms with Gasteiger partial charge in [0.05, 0.1) is 0 Å². The van der Waals surface area contributed by atoms with Crippen LogP contribution in [0.25, 0.3) is 0 Å². The Labute approximate surface area is 115 Å². The number of carbonyl (C=O) groups is 2. The first-order valence-corrected chi connectivity index (χ1v) is 7.34. The molecule has 0 saturated carbocycles. The molecule has 5 nitrogen and oxygen atoms in total. The predicted molar refractivity (Wildman–Crippen MR) is 73.6 cm³/mol. The van der Waals surface area contributed by atoms with Gasteiger partial charge in [0.2, 0.25) is 11.8 Å². The molecule has 2 heterocycles. The van der Waals surface area contributed by atoms with Gasteiger partial charge in [0.15, 0.2) is 0 Å². The summed E-state index contributed by atoms with van der Waals surface area (Å²) in [5.41, 5.74) is 0. The van der Waals surface area contributed by atoms with Crippen LogP contribution >= 0.6 is 0 Å². The van der Waals surface area contributed by atoms with Gasteiger partial charge in [0, 0.05) is 45.6 Å². The fourth-order valence-electron chi connectivity index (χ4n) is 2.98. The Kier molecular flexibility index (Phi) is 4.80. The average molecular weight is 267 g/mol. The molecule has 108 valence electrons. The maximum atomic E-state index is 12.3. The highest BCUT2D eigenvalue weighted by Crippen LogP contribution is 2.19. The summed E-state index contributed by atoms with van der Waals surface area (Å²) < 4.78 is 0. The van der Waals surface area contributed by atoms with Gasteiger partial charge in [-0.15, -0.1) is 0 Å². The van der Waals surface area contributed by atoms with Crippen LogP contribution < -0.4 is 5.32 Å². The van der Waals surface area contributed by atoms with Crippen molar-refractivity contribution in [3.8, 4) is 0 Å². The van der Waals surface area contributed by atoms with Gasteiger partial charge in [0.25, 0.3) is 0 Å². The molecule has 0 aliphatic carbocycles. The number of piperidine rings is 1. The van der Waals surface area contributed by atoms with Crippen molar-refractivity contribution in [3.05, 3.63) is 0 Å². The zero-order valence-electron chi connectivity index (χ0n) is 12.0. The molecule has 0 radical (unpaired) electrons. The van der Waals surface area contributed by atoms with Gasteiger partial charge in [0.1, 0.15) is 0 Å². The van der Waals surface area contributed by atoms with Crippen LogP contribution in [-0.4, -0.2) is 60.4 Å². The van der Waals surface area contributed by atoms with Gasteiger partial charge >= 0.3 is 0 Å². The fourth-order valence-corrected chi connectivity index (χ4v) is 2.98. The number of nitrogens with zero attached hydrogens (tertiary/aromatic N) is 2. The van der Waals surface area contributed by atoms with E-state index in [1.165, 1.54) is 12.8 Å². The van der Waals surface area contributed by atoms with Crippen molar-refractivity contribution in [2.24, 2.45) is 5.92 Å². The number of hydrogen-bond acceptors (Lipinski definition) is 3. The lowest BCUT2D eigenvalue weighted by Gasteiger charge is -2.36. The third-order valence-electron chi connectivity index (χ3n) is 4.40. The Morgan fingerprint density at radius 3 is 2.37 bits per heavy atom. The number of piperazine rings is 1. The van der Waals surface area contributed by atoms with Crippen molar-refractivity contribution in [2.45, 2.75) is 39.2 Å². The van der Waals surface area contributed by atoms with Crippen LogP contribution in [0.1, 0.15) is 33.1 Å². The monoisotopic (exact) mass is 267 g/mol. The topological polar surface area (TPSA) is 52.7 Å². The summed E-state index contributed by atoms with van der Waals surface area (Å²) >= 11 is 0. The number of nitrogens with one attached hydrogen (secondary N) is 1. The van der Waals surface area contributed by atoms with Crippen LogP contribution in [-0.2, 0) is 9.59 Å². The maximum Gasteiger partial charge on any atom is 0.224 e. The molecule has 2 unspecified atom stereocenters. The predicted octanol–water partition coefficient (Wildman–Crippen LogP) is 0.455. The van der Waals surface area contributed by atoms with E-state index in [2.05, 4.69) is 12.2 Å². The second-order valence-corrected chi connectivity index (χ2v) is 5.77. The van der Waals surface area contributed by atoms with Gasteiger partial charge in [-0.05, 0) is 25.3 Å². The summed E-state index contributed by atoms with van der Waals surface area (Å²) in [4.78, 5) is 27.2. The highest BCUT2D eigenvalue weighted by Gasteiger charge is 2.27. The Hall–Kier alpha value is -1.10. The zero-order chi connectivity index (χ0) is 13.8. The molecule has 5 heteroatoms. The van der Waals surface area contributed by atoms with Gasteiger partial charge in [-0.25, -0.2) is 0 Å². The second kappa shape index (κ2) is 6.37. The van der Waals surface area contributed by atoms with E-state index in [4.69, 9.17) is 0 Å². The summed E-state index contributed by atoms with van der Waals surface area (Å²) in [6, 6.07) is 0.326. The molecule has 0 aromatic heterocycles. The van der Waals surface area contributed by atoms with Crippen LogP contribution in [0, 0.1) is 5.92 Å². The molecule has 0 bridgehead atoms. The third kappa shape index (κ3) is 3.69. The number of hydrogen-bond donors (Lipinski definition) is 1. The Morgan fingerprint density at radius 2 is 1.79 bits per heavy atom. The summed E-state index contributed by atoms with van der Waals surface area (Å²) in [6.45, 7) is 7.55. The number of carbonyl (C=O) groups excluding carboxylic acids is 2. The fraction of sp³-hybridized carbons (Fsp3) is 0.857. The van der Waals surface area contributed by atoms with Crippen LogP contribution in [0.5, 0.6) is 0 Å². The smallest absolute Gasteiger partial charge is 0.224 e. The van der Waals surface area contributed by atoms with E-state index in [-0.39, 0.29) is 11.8 Å². The molecule has 2 atom stereocenters. The lowest BCUT2D eigenvalue weighted by atomic mass is 9.90. The lowest BCUT2D eigenvalue weighted by molar-refractivity contribution is -0.139. The van der Waals surface area contributed by atoms with Crippen LogP contribution in [0.2, 0.25) is 0 Å². The lowest BCUT2D eigenvalue weighted by Crippen LogP contribution is -2.52. The first kappa shape index (κ1) is 14.3. The SMILES string of the molecule is CC(=O)N1CCN(C(=O)CC2NCCCC2C)CC1. The van der Waals surface area contributed by atoms with E-state index in [0.29, 0.717) is 44.6 Å². The van der Waals surface area contributed by atoms with E-state index in [0.717, 1.165) is 6.54 Å². The Bertz CT molecular complexity index is 338. The standard InChI is InChI=1S/C14H25N3O2/c1-11-4-3-5-15-13(11)10-14(19)17-8-6-16(7-9-17)12(2)18/h11,13,15H,3-10H2,1-2H3. The average Bonchev–Trinajstić information content (AvgIpc) is 2.41. The van der Waals surface area contributed by atoms with Crippen molar-refractivity contribution in [1.29, 1.82) is 0 Å². The quantitative estimate of drug-likeness (QED) is 0.790. The Morgan fingerprint density at radius 1 is 1.16 bits per heavy atom. The Balaban J connectivity index is 1.79. The largest absolute Gasteiger partial charge is 0.339 e. The number of rotatable bonds is 2. The van der Waals surface area contributed by atoms with E-state index >= 15 is 0 Å². The molecule has 2 aliphatic rings. The molecular weight excluding hydrogens is 242 g/mol. The molecule has 0 spiro atoms. The van der Waals surface area contributed by atoms with E-state index < -0.39 is 0 Å². The van der Waals surface area contributed by atoms with Gasteiger partial charge in [-0.2, -0.15) is 0 Å². The molecule has 19 heavy (non-hydrogen) atoms. The zero-order valence-corrected chi connectivity index (χ0v) is 12.0. The van der Waals surface area contributed by atoms with Crippen LogP contribution in [0.4, 0.5) is 0 Å². The van der Waals surface area contributed by atoms with E-state index in [9.17, 15) is 9.59 Å². The van der Waals surface area contributed by atoms with Gasteiger partial charge < -0.3 is 15.1 Å². The highest BCUT2D eigenvalue weighted by molar-refractivity contribution is 5.78. The third-order valence-corrected chi connectivity index (χ3v) is 4.40. The molecule has 2 amide bonds. The summed E-state index contributed by atoms with van der Waals surface area (Å²) in [5.74, 6) is 0.917. The molecular formula is C14H25N3O2. The summed E-state index contributed by atoms with van der Waals surface area (Å²) in [6.07, 6.45) is 3.02. The van der Waals surface area contributed by atoms with Gasteiger partial charge in [-0.3, -0.25) is 9.59 Å². The molecule has 2 fully saturated rings. The first-order chi connectivity index (χ1) is 9.08. The second-order valence-electron chi connectivity index (χ2n) is 5.77. The van der Waals surface area contributed by atoms with Crippen molar-refractivity contribution in [2.75, 3.05) is 32.7 Å². The molecule has 2 saturated heterocycles. The molecule has 2 rings (SSSR count). The van der Waals surface area contributed by atoms with Gasteiger partial charge in [-0.1, -0.05) is 6.92 Å². The summed E-state index contributed by atoms with van der Waals surface area (Å²) in [7, 11) is 0. The van der Waals surface area contributed by atoms with Crippen LogP contribution in [0.3, 0.4) is 0 Å². The van der Waals surface area contributed by atoms with Crippen molar-refractivity contribution < 1.29 is 9.59 Å². The molecule has 2 aliphatic heterocycles. The summed E-state index contributed by atoms with van der Waals surface area (Å²) in [5, 5.41) is 3.45. The minimum Gasteiger partial charge on any atom is -0.339 e. The maximum absolute atomic E-state index is 12.3. The first-order valence-electron chi connectivity index (χ1n) is 7.34. The highest BCUT2D eigenvalue weighted by atomic mass is 16.2. The molecule has 1 N–H and O–H groups in total. The normalized spacial score (nSPS) is 28.3. The van der Waals surface area contributed by atoms with Crippen molar-refractivity contribution in [3.63, 3.8) is 0 Å². The van der Waals surface area contributed by atoms with E-state index in [1.807, 2.05) is 9.80 Å². The van der Waals surface area contributed by atoms with Crippen molar-refractivity contribution in [1.82, 2.24) is 15.1 Å². The minimum absolute atomic E-state index is 0.106. The minimum atomic E-state index is 0.106. The number of amides is 2.